The van der Waals surface area contributed by atoms with Gasteiger partial charge in [-0.25, -0.2) is 4.79 Å². The number of phenolic OH excluding ortho intramolecular Hbond substituents is 1. The number of H-pyrrole nitrogens is 1. The van der Waals surface area contributed by atoms with Crippen LogP contribution in [0.4, 0.5) is 10.5 Å². The van der Waals surface area contributed by atoms with Gasteiger partial charge in [-0.2, -0.15) is 0 Å². The van der Waals surface area contributed by atoms with Crippen molar-refractivity contribution in [1.82, 2.24) is 20.1 Å². The number of fused-ring (bicyclic) bond motifs is 4. The summed E-state index contributed by atoms with van der Waals surface area (Å²) in [6, 6.07) is 27.5. The Hall–Kier alpha value is -5.89. The number of carbonyl (C=O) groups excluding carboxylic acids is 1. The molecule has 1 aromatic heterocycles. The third kappa shape index (κ3) is 8.44. The van der Waals surface area contributed by atoms with Crippen molar-refractivity contribution in [2.75, 3.05) is 45.2 Å². The molecule has 13 heteroatoms. The fourth-order valence-corrected chi connectivity index (χ4v) is 7.93. The van der Waals surface area contributed by atoms with Gasteiger partial charge in [0.2, 0.25) is 5.56 Å². The predicted octanol–water partition coefficient (Wildman–Crippen LogP) is 5.25. The molecule has 3 aliphatic heterocycles. The smallest absolute Gasteiger partial charge is 0.408 e. The molecule has 5 aromatic rings. The zero-order valence-corrected chi connectivity index (χ0v) is 30.5. The number of aromatic hydroxyl groups is 1. The highest BCUT2D eigenvalue weighted by Crippen LogP contribution is 2.39. The van der Waals surface area contributed by atoms with Crippen LogP contribution in [0.3, 0.4) is 0 Å². The van der Waals surface area contributed by atoms with E-state index < -0.39 is 18.2 Å². The van der Waals surface area contributed by atoms with Crippen LogP contribution in [0, 0.1) is 5.92 Å². The molecule has 2 bridgehead atoms. The van der Waals surface area contributed by atoms with Crippen LogP contribution < -0.4 is 25.7 Å². The molecule has 3 aliphatic rings. The van der Waals surface area contributed by atoms with E-state index in [1.165, 1.54) is 19.2 Å². The van der Waals surface area contributed by atoms with Gasteiger partial charge in [-0.15, -0.1) is 0 Å². The number of aromatic amines is 1. The molecular weight excluding hydrogens is 702 g/mol. The SMILES string of the molecule is COc1cc(NC(=O)COc2cccc([C@H](c3ccccc3)N(C(=O)O)C3CN4CCC3CC4)c2)ccc1CNCC(O)c1ccc(O)c2[nH]c(=O)ccc12. The number of hydrogen-bond acceptors (Lipinski definition) is 9. The summed E-state index contributed by atoms with van der Waals surface area (Å²) in [5.41, 5.74) is 3.39. The number of nitrogens with zero attached hydrogens (tertiary/aromatic N) is 2. The summed E-state index contributed by atoms with van der Waals surface area (Å²) < 4.78 is 11.5. The van der Waals surface area contributed by atoms with Crippen molar-refractivity contribution in [3.63, 3.8) is 0 Å². The molecule has 0 spiro atoms. The third-order valence-corrected chi connectivity index (χ3v) is 10.6. The maximum atomic E-state index is 13.1. The van der Waals surface area contributed by atoms with Gasteiger partial charge in [-0.3, -0.25) is 14.5 Å². The maximum absolute atomic E-state index is 13.1. The lowest BCUT2D eigenvalue weighted by atomic mass is 9.81. The van der Waals surface area contributed by atoms with E-state index in [0.717, 1.165) is 42.6 Å². The standard InChI is InChI=1S/C42H45N5O8/c1-54-37-21-30(11-10-29(37)22-43-23-36(49)32-12-14-35(48)40-33(32)13-15-38(50)45-40)44-39(51)25-55-31-9-5-8-28(20-31)41(27-6-3-2-4-7-27)47(42(52)53)34-24-46-18-16-26(34)17-19-46/h2-15,20-21,26,34,36,41,43,48-49H,16-19,22-25H2,1H3,(H,44,51)(H,45,50)(H,52,53)/t34?,36?,41-/m0/s1. The largest absolute Gasteiger partial charge is 0.506 e. The summed E-state index contributed by atoms with van der Waals surface area (Å²) in [4.78, 5) is 44.4. The van der Waals surface area contributed by atoms with Gasteiger partial charge in [0.15, 0.2) is 6.61 Å². The van der Waals surface area contributed by atoms with E-state index >= 15 is 0 Å². The van der Waals surface area contributed by atoms with Crippen LogP contribution >= 0.6 is 0 Å². The second kappa shape index (κ2) is 16.6. The van der Waals surface area contributed by atoms with Gasteiger partial charge >= 0.3 is 6.09 Å². The van der Waals surface area contributed by atoms with Crippen LogP contribution in [-0.2, 0) is 11.3 Å². The number of methoxy groups -OCH3 is 1. The fourth-order valence-electron chi connectivity index (χ4n) is 7.93. The number of carboxylic acid groups (broad SMARTS) is 1. The quantitative estimate of drug-likeness (QED) is 0.0881. The summed E-state index contributed by atoms with van der Waals surface area (Å²) in [7, 11) is 1.53. The summed E-state index contributed by atoms with van der Waals surface area (Å²) >= 11 is 0. The van der Waals surface area contributed by atoms with Crippen LogP contribution in [0.2, 0.25) is 0 Å². The molecule has 13 nitrogen and oxygen atoms in total. The Bertz CT molecular complexity index is 2200. The van der Waals surface area contributed by atoms with Gasteiger partial charge in [-0.1, -0.05) is 54.6 Å². The molecule has 0 saturated carbocycles. The Labute approximate surface area is 318 Å². The number of hydrogen-bond donors (Lipinski definition) is 6. The Balaban J connectivity index is 0.981. The van der Waals surface area contributed by atoms with Crippen molar-refractivity contribution >= 4 is 28.6 Å². The molecule has 6 N–H and O–H groups in total. The molecule has 3 fully saturated rings. The molecule has 2 unspecified atom stereocenters. The molecule has 3 atom stereocenters. The minimum Gasteiger partial charge on any atom is -0.506 e. The summed E-state index contributed by atoms with van der Waals surface area (Å²) in [6.07, 6.45) is 0.0741. The van der Waals surface area contributed by atoms with Gasteiger partial charge in [0, 0.05) is 48.4 Å². The van der Waals surface area contributed by atoms with Gasteiger partial charge in [0.05, 0.1) is 30.8 Å². The molecule has 8 rings (SSSR count). The van der Waals surface area contributed by atoms with Gasteiger partial charge < -0.3 is 45.3 Å². The second-order valence-corrected chi connectivity index (χ2v) is 14.1. The first-order chi connectivity index (χ1) is 26.7. The Morgan fingerprint density at radius 3 is 2.47 bits per heavy atom. The van der Waals surface area contributed by atoms with Crippen molar-refractivity contribution in [2.24, 2.45) is 5.92 Å². The first-order valence-corrected chi connectivity index (χ1v) is 18.4. The van der Waals surface area contributed by atoms with Gasteiger partial charge in [-0.05, 0) is 78.9 Å². The molecule has 286 valence electrons. The number of aliphatic hydroxyl groups is 1. The first kappa shape index (κ1) is 37.4. The predicted molar refractivity (Wildman–Crippen MR) is 208 cm³/mol. The Morgan fingerprint density at radius 1 is 0.964 bits per heavy atom. The molecule has 55 heavy (non-hydrogen) atoms. The van der Waals surface area contributed by atoms with E-state index in [-0.39, 0.29) is 41.9 Å². The number of pyridine rings is 1. The van der Waals surface area contributed by atoms with Gasteiger partial charge in [0.1, 0.15) is 17.2 Å². The van der Waals surface area contributed by atoms with Crippen LogP contribution in [0.5, 0.6) is 17.2 Å². The highest BCUT2D eigenvalue weighted by atomic mass is 16.5. The van der Waals surface area contributed by atoms with Crippen molar-refractivity contribution in [3.05, 3.63) is 130 Å². The first-order valence-electron chi connectivity index (χ1n) is 18.4. The lowest BCUT2D eigenvalue weighted by molar-refractivity contribution is -0.118. The topological polar surface area (TPSA) is 177 Å². The van der Waals surface area contributed by atoms with Crippen LogP contribution in [0.25, 0.3) is 10.9 Å². The van der Waals surface area contributed by atoms with Crippen LogP contribution in [0.1, 0.15) is 47.2 Å². The highest BCUT2D eigenvalue weighted by molar-refractivity contribution is 5.92. The number of nitrogens with one attached hydrogen (secondary N) is 3. The number of ether oxygens (including phenoxy) is 2. The molecule has 4 aromatic carbocycles. The zero-order valence-electron chi connectivity index (χ0n) is 30.5. The summed E-state index contributed by atoms with van der Waals surface area (Å²) in [6.45, 7) is 2.98. The number of benzene rings is 4. The van der Waals surface area contributed by atoms with E-state index in [1.807, 2.05) is 54.6 Å². The average Bonchev–Trinajstić information content (AvgIpc) is 3.20. The fraction of sp³-hybridized carbons (Fsp3) is 0.310. The number of aliphatic hydroxyl groups excluding tert-OH is 1. The van der Waals surface area contributed by atoms with Crippen LogP contribution in [-0.4, -0.2) is 88.0 Å². The van der Waals surface area contributed by atoms with E-state index in [1.54, 1.807) is 35.2 Å². The minimum absolute atomic E-state index is 0.0784. The van der Waals surface area contributed by atoms with Crippen molar-refractivity contribution < 1.29 is 34.4 Å². The minimum atomic E-state index is -0.963. The number of piperidine rings is 3. The molecule has 2 amide bonds. The van der Waals surface area contributed by atoms with E-state index in [2.05, 4.69) is 20.5 Å². The Morgan fingerprint density at radius 2 is 1.75 bits per heavy atom. The monoisotopic (exact) mass is 747 g/mol. The normalized spacial score (nSPS) is 18.7. The van der Waals surface area contributed by atoms with Crippen molar-refractivity contribution in [2.45, 2.75) is 37.6 Å². The maximum Gasteiger partial charge on any atom is 0.408 e. The van der Waals surface area contributed by atoms with Crippen LogP contribution in [0.15, 0.2) is 102 Å². The molecule has 0 radical (unpaired) electrons. The molecular formula is C42H45N5O8. The van der Waals surface area contributed by atoms with Crippen molar-refractivity contribution in [3.8, 4) is 17.2 Å². The molecule has 0 aliphatic carbocycles. The highest BCUT2D eigenvalue weighted by Gasteiger charge is 2.43. The number of amides is 2. The van der Waals surface area contributed by atoms with E-state index in [9.17, 15) is 29.7 Å². The lowest BCUT2D eigenvalue weighted by Crippen LogP contribution is -2.59. The zero-order chi connectivity index (χ0) is 38.5. The van der Waals surface area contributed by atoms with Crippen molar-refractivity contribution in [1.29, 1.82) is 0 Å². The number of aromatic nitrogens is 1. The summed E-state index contributed by atoms with van der Waals surface area (Å²) in [5.74, 6) is 0.815. The Kier molecular flexibility index (Phi) is 11.3. The number of rotatable bonds is 14. The molecule has 4 heterocycles. The van der Waals surface area contributed by atoms with E-state index in [0.29, 0.717) is 47.1 Å². The number of phenols is 1. The number of anilines is 1. The molecule has 3 saturated heterocycles. The van der Waals surface area contributed by atoms with Gasteiger partial charge in [0.25, 0.3) is 5.91 Å². The summed E-state index contributed by atoms with van der Waals surface area (Å²) in [5, 5.41) is 38.3. The lowest BCUT2D eigenvalue weighted by Gasteiger charge is -2.50. The second-order valence-electron chi connectivity index (χ2n) is 14.1. The van der Waals surface area contributed by atoms with E-state index in [4.69, 9.17) is 9.47 Å². The average molecular weight is 748 g/mol. The number of carbonyl (C=O) groups is 2. The third-order valence-electron chi connectivity index (χ3n) is 10.6.